The highest BCUT2D eigenvalue weighted by atomic mass is 79.9. The molecule has 1 aliphatic rings. The van der Waals surface area contributed by atoms with Gasteiger partial charge in [0.25, 0.3) is 0 Å². The topological polar surface area (TPSA) is 76.2 Å². The third-order valence-corrected chi connectivity index (χ3v) is 7.30. The molecule has 0 aliphatic carbocycles. The number of halogens is 1. The van der Waals surface area contributed by atoms with Gasteiger partial charge in [-0.2, -0.15) is 4.31 Å². The fourth-order valence-electron chi connectivity index (χ4n) is 3.19. The predicted molar refractivity (Wildman–Crippen MR) is 113 cm³/mol. The summed E-state index contributed by atoms with van der Waals surface area (Å²) in [7, 11) is -0.855. The van der Waals surface area contributed by atoms with Crippen molar-refractivity contribution in [3.63, 3.8) is 0 Å². The quantitative estimate of drug-likeness (QED) is 0.632. The Hall–Kier alpha value is -2.10. The number of ether oxygens (including phenoxy) is 2. The molecule has 3 rings (SSSR count). The van der Waals surface area contributed by atoms with Crippen LogP contribution >= 0.6 is 15.9 Å². The number of piperazine rings is 1. The van der Waals surface area contributed by atoms with Crippen molar-refractivity contribution in [1.29, 1.82) is 0 Å². The maximum absolute atomic E-state index is 13.1. The molecule has 1 aliphatic heterocycles. The van der Waals surface area contributed by atoms with Crippen molar-refractivity contribution >= 4 is 31.9 Å². The van der Waals surface area contributed by atoms with Crippen molar-refractivity contribution in [2.75, 3.05) is 40.4 Å². The van der Waals surface area contributed by atoms with E-state index in [0.717, 1.165) is 10.0 Å². The van der Waals surface area contributed by atoms with Crippen LogP contribution in [0, 0.1) is 0 Å². The first-order valence-corrected chi connectivity index (χ1v) is 11.3. The van der Waals surface area contributed by atoms with E-state index >= 15 is 0 Å². The van der Waals surface area contributed by atoms with Crippen LogP contribution in [0.25, 0.3) is 0 Å². The van der Waals surface area contributed by atoms with Crippen LogP contribution in [0.2, 0.25) is 0 Å². The van der Waals surface area contributed by atoms with Crippen molar-refractivity contribution < 1.29 is 22.7 Å². The number of hydrogen-bond donors (Lipinski definition) is 0. The molecule has 156 valence electrons. The summed E-state index contributed by atoms with van der Waals surface area (Å²) in [6.07, 6.45) is 0.295. The molecule has 0 aromatic heterocycles. The normalized spacial score (nSPS) is 15.2. The summed E-state index contributed by atoms with van der Waals surface area (Å²) in [4.78, 5) is 14.3. The minimum atomic E-state index is -3.77. The van der Waals surface area contributed by atoms with Crippen molar-refractivity contribution in [1.82, 2.24) is 9.21 Å². The van der Waals surface area contributed by atoms with E-state index < -0.39 is 10.0 Å². The fourth-order valence-corrected chi connectivity index (χ4v) is 5.05. The summed E-state index contributed by atoms with van der Waals surface area (Å²) in [6.45, 7) is 1.16. The number of amides is 1. The van der Waals surface area contributed by atoms with Gasteiger partial charge in [-0.3, -0.25) is 4.79 Å². The molecule has 0 spiro atoms. The summed E-state index contributed by atoms with van der Waals surface area (Å²) in [5, 5.41) is 0. The zero-order valence-electron chi connectivity index (χ0n) is 16.3. The summed E-state index contributed by atoms with van der Waals surface area (Å²) in [6, 6.07) is 12.3. The van der Waals surface area contributed by atoms with Crippen LogP contribution in [0.3, 0.4) is 0 Å². The molecule has 1 saturated heterocycles. The van der Waals surface area contributed by atoms with Gasteiger partial charge >= 0.3 is 0 Å². The van der Waals surface area contributed by atoms with Gasteiger partial charge in [-0.05, 0) is 29.8 Å². The third kappa shape index (κ3) is 4.91. The second-order valence-electron chi connectivity index (χ2n) is 6.60. The van der Waals surface area contributed by atoms with Crippen LogP contribution in [0.5, 0.6) is 11.5 Å². The predicted octanol–water partition coefficient (Wildman–Crippen LogP) is 2.54. The van der Waals surface area contributed by atoms with Crippen molar-refractivity contribution in [3.8, 4) is 11.5 Å². The highest BCUT2D eigenvalue weighted by molar-refractivity contribution is 9.10. The van der Waals surface area contributed by atoms with Gasteiger partial charge in [-0.15, -0.1) is 0 Å². The van der Waals surface area contributed by atoms with Gasteiger partial charge in [0.2, 0.25) is 15.9 Å². The van der Waals surface area contributed by atoms with Crippen LogP contribution in [0.4, 0.5) is 0 Å². The number of methoxy groups -OCH3 is 2. The minimum absolute atomic E-state index is 0.0108. The number of carbonyl (C=O) groups is 1. The Morgan fingerprint density at radius 1 is 1.00 bits per heavy atom. The number of carbonyl (C=O) groups excluding carboxylic acids is 1. The van der Waals surface area contributed by atoms with Gasteiger partial charge in [0.1, 0.15) is 16.4 Å². The van der Waals surface area contributed by atoms with E-state index in [1.807, 2.05) is 24.3 Å². The Bertz CT molecular complexity index is 971. The molecule has 1 amide bonds. The summed E-state index contributed by atoms with van der Waals surface area (Å²) in [5.41, 5.74) is 0.925. The molecule has 29 heavy (non-hydrogen) atoms. The number of hydrogen-bond acceptors (Lipinski definition) is 5. The van der Waals surface area contributed by atoms with Crippen LogP contribution in [-0.4, -0.2) is 63.9 Å². The molecule has 0 bridgehead atoms. The molecule has 0 N–H and O–H groups in total. The Morgan fingerprint density at radius 2 is 1.66 bits per heavy atom. The third-order valence-electron chi connectivity index (χ3n) is 4.85. The standard InChI is InChI=1S/C20H23BrN2O5S/c1-27-17-7-8-18(28-2)19(14-17)29(25,26)23-11-9-22(10-12-23)20(24)13-15-3-5-16(21)6-4-15/h3-8,14H,9-13H2,1-2H3. The SMILES string of the molecule is COc1ccc(OC)c(S(=O)(=O)N2CCN(C(=O)Cc3ccc(Br)cc3)CC2)c1. The molecular formula is C20H23BrN2O5S. The number of benzene rings is 2. The monoisotopic (exact) mass is 482 g/mol. The lowest BCUT2D eigenvalue weighted by Crippen LogP contribution is -2.50. The maximum Gasteiger partial charge on any atom is 0.247 e. The number of nitrogens with zero attached hydrogens (tertiary/aromatic N) is 2. The molecule has 0 saturated carbocycles. The summed E-state index contributed by atoms with van der Waals surface area (Å²) in [5.74, 6) is 0.690. The molecule has 9 heteroatoms. The van der Waals surface area contributed by atoms with Crippen LogP contribution in [0.1, 0.15) is 5.56 Å². The molecule has 7 nitrogen and oxygen atoms in total. The molecule has 1 fully saturated rings. The molecule has 2 aromatic carbocycles. The van der Waals surface area contributed by atoms with Crippen molar-refractivity contribution in [3.05, 3.63) is 52.5 Å². The number of rotatable bonds is 6. The van der Waals surface area contributed by atoms with Crippen LogP contribution in [0.15, 0.2) is 51.8 Å². The molecule has 0 radical (unpaired) electrons. The molecule has 2 aromatic rings. The van der Waals surface area contributed by atoms with E-state index in [1.54, 1.807) is 17.0 Å². The fraction of sp³-hybridized carbons (Fsp3) is 0.350. The molecule has 0 atom stereocenters. The van der Waals surface area contributed by atoms with E-state index in [0.29, 0.717) is 25.3 Å². The summed E-state index contributed by atoms with van der Waals surface area (Å²) < 4.78 is 39.0. The highest BCUT2D eigenvalue weighted by Gasteiger charge is 2.32. The smallest absolute Gasteiger partial charge is 0.247 e. The lowest BCUT2D eigenvalue weighted by molar-refractivity contribution is -0.131. The zero-order valence-corrected chi connectivity index (χ0v) is 18.7. The first-order chi connectivity index (χ1) is 13.8. The van der Waals surface area contributed by atoms with Crippen LogP contribution in [-0.2, 0) is 21.2 Å². The van der Waals surface area contributed by atoms with Gasteiger partial charge < -0.3 is 14.4 Å². The van der Waals surface area contributed by atoms with Crippen molar-refractivity contribution in [2.24, 2.45) is 0 Å². The van der Waals surface area contributed by atoms with E-state index in [9.17, 15) is 13.2 Å². The lowest BCUT2D eigenvalue weighted by Gasteiger charge is -2.34. The van der Waals surface area contributed by atoms with Gasteiger partial charge in [-0.25, -0.2) is 8.42 Å². The van der Waals surface area contributed by atoms with E-state index in [-0.39, 0.29) is 29.6 Å². The molecule has 1 heterocycles. The van der Waals surface area contributed by atoms with E-state index in [4.69, 9.17) is 9.47 Å². The second kappa shape index (κ2) is 9.15. The zero-order chi connectivity index (χ0) is 21.0. The molecular weight excluding hydrogens is 460 g/mol. The Labute approximate surface area is 179 Å². The Kier molecular flexibility index (Phi) is 6.81. The average molecular weight is 483 g/mol. The largest absolute Gasteiger partial charge is 0.497 e. The first-order valence-electron chi connectivity index (χ1n) is 9.09. The number of sulfonamides is 1. The summed E-state index contributed by atoms with van der Waals surface area (Å²) >= 11 is 3.38. The molecule has 0 unspecified atom stereocenters. The van der Waals surface area contributed by atoms with Gasteiger partial charge in [0.15, 0.2) is 0 Å². The highest BCUT2D eigenvalue weighted by Crippen LogP contribution is 2.31. The van der Waals surface area contributed by atoms with Crippen LogP contribution < -0.4 is 9.47 Å². The van der Waals surface area contributed by atoms with E-state index in [2.05, 4.69) is 15.9 Å². The minimum Gasteiger partial charge on any atom is -0.497 e. The maximum atomic E-state index is 13.1. The Balaban J connectivity index is 1.68. The average Bonchev–Trinajstić information content (AvgIpc) is 2.74. The van der Waals surface area contributed by atoms with Gasteiger partial charge in [-0.1, -0.05) is 28.1 Å². The Morgan fingerprint density at radius 3 is 2.24 bits per heavy atom. The first kappa shape index (κ1) is 21.6. The van der Waals surface area contributed by atoms with E-state index in [1.165, 1.54) is 24.6 Å². The van der Waals surface area contributed by atoms with Crippen molar-refractivity contribution in [2.45, 2.75) is 11.3 Å². The van der Waals surface area contributed by atoms with Gasteiger partial charge in [0, 0.05) is 36.7 Å². The van der Waals surface area contributed by atoms with Gasteiger partial charge in [0.05, 0.1) is 20.6 Å². The second-order valence-corrected chi connectivity index (χ2v) is 9.43. The lowest BCUT2D eigenvalue weighted by atomic mass is 10.1.